The first-order valence-electron chi connectivity index (χ1n) is 4.04. The van der Waals surface area contributed by atoms with Gasteiger partial charge in [-0.2, -0.15) is 0 Å². The summed E-state index contributed by atoms with van der Waals surface area (Å²) in [6.07, 6.45) is 0. The quantitative estimate of drug-likeness (QED) is 0.527. The van der Waals surface area contributed by atoms with Crippen molar-refractivity contribution in [2.45, 2.75) is 40.2 Å². The molecule has 0 fully saturated rings. The summed E-state index contributed by atoms with van der Waals surface area (Å²) in [5.41, 5.74) is -0.0638. The average molecular weight is 154 g/mol. The van der Waals surface area contributed by atoms with Crippen LogP contribution in [-0.2, 0) is 4.74 Å². The third-order valence-electron chi connectivity index (χ3n) is 0.968. The van der Waals surface area contributed by atoms with Crippen LogP contribution in [0.3, 0.4) is 0 Å². The zero-order valence-electron chi connectivity index (χ0n) is 8.19. The molecule has 0 aliphatic carbocycles. The van der Waals surface area contributed by atoms with Crippen molar-refractivity contribution in [2.24, 2.45) is 5.92 Å². The maximum Gasteiger partial charge on any atom is 0.108 e. The lowest BCUT2D eigenvalue weighted by molar-refractivity contribution is 0.0180. The fraction of sp³-hybridized carbons (Fsp3) is 0.800. The second-order valence-electron chi connectivity index (χ2n) is 3.88. The Labute approximate surface area is 70.1 Å². The number of hydrogen-bond donors (Lipinski definition) is 0. The largest absolute Gasteiger partial charge is 0.363 e. The Morgan fingerprint density at radius 3 is 2.18 bits per heavy atom. The zero-order valence-corrected chi connectivity index (χ0v) is 8.19. The lowest BCUT2D eigenvalue weighted by atomic mass is 10.2. The summed E-state index contributed by atoms with van der Waals surface area (Å²) in [5, 5.41) is 0. The van der Waals surface area contributed by atoms with Crippen LogP contribution in [-0.4, -0.2) is 12.2 Å². The summed E-state index contributed by atoms with van der Waals surface area (Å²) in [4.78, 5) is 0. The lowest BCUT2D eigenvalue weighted by Gasteiger charge is -2.16. The minimum atomic E-state index is -0.0638. The van der Waals surface area contributed by atoms with Crippen LogP contribution >= 0.6 is 0 Å². The minimum Gasteiger partial charge on any atom is -0.363 e. The van der Waals surface area contributed by atoms with Crippen LogP contribution in [0.2, 0.25) is 0 Å². The molecular formula is C10H18O. The Balaban J connectivity index is 3.52. The first-order chi connectivity index (χ1) is 4.92. The molecule has 0 atom stereocenters. The van der Waals surface area contributed by atoms with Gasteiger partial charge in [-0.1, -0.05) is 25.7 Å². The summed E-state index contributed by atoms with van der Waals surface area (Å²) in [6, 6.07) is 0. The van der Waals surface area contributed by atoms with E-state index in [2.05, 4.69) is 25.7 Å². The molecule has 11 heavy (non-hydrogen) atoms. The summed E-state index contributed by atoms with van der Waals surface area (Å²) in [5.74, 6) is 6.46. The van der Waals surface area contributed by atoms with E-state index in [4.69, 9.17) is 4.74 Å². The Morgan fingerprint density at radius 1 is 1.27 bits per heavy atom. The van der Waals surface area contributed by atoms with E-state index >= 15 is 0 Å². The van der Waals surface area contributed by atoms with Crippen molar-refractivity contribution in [1.82, 2.24) is 0 Å². The van der Waals surface area contributed by atoms with Gasteiger partial charge in [-0.15, -0.1) is 0 Å². The molecule has 0 unspecified atom stereocenters. The second-order valence-corrected chi connectivity index (χ2v) is 3.88. The van der Waals surface area contributed by atoms with Gasteiger partial charge >= 0.3 is 0 Å². The zero-order chi connectivity index (χ0) is 8.91. The van der Waals surface area contributed by atoms with Crippen LogP contribution < -0.4 is 0 Å². The van der Waals surface area contributed by atoms with Crippen molar-refractivity contribution in [2.75, 3.05) is 6.61 Å². The summed E-state index contributed by atoms with van der Waals surface area (Å²) in [6.45, 7) is 10.8. The van der Waals surface area contributed by atoms with Gasteiger partial charge < -0.3 is 4.74 Å². The molecular weight excluding hydrogens is 136 g/mol. The molecule has 0 rings (SSSR count). The number of ether oxygens (including phenoxy) is 1. The van der Waals surface area contributed by atoms with E-state index in [-0.39, 0.29) is 5.60 Å². The average Bonchev–Trinajstić information content (AvgIpc) is 1.78. The molecule has 0 aromatic heterocycles. The Morgan fingerprint density at radius 2 is 1.82 bits per heavy atom. The fourth-order valence-electron chi connectivity index (χ4n) is 0.498. The van der Waals surface area contributed by atoms with Crippen molar-refractivity contribution >= 4 is 0 Å². The molecule has 64 valence electrons. The Bertz CT molecular complexity index is 152. The highest BCUT2D eigenvalue weighted by Gasteiger charge is 2.07. The highest BCUT2D eigenvalue weighted by molar-refractivity contribution is 5.01. The molecule has 0 saturated carbocycles. The third-order valence-corrected chi connectivity index (χ3v) is 0.968. The topological polar surface area (TPSA) is 9.23 Å². The molecule has 1 nitrogen and oxygen atoms in total. The van der Waals surface area contributed by atoms with Crippen LogP contribution in [0.5, 0.6) is 0 Å². The van der Waals surface area contributed by atoms with Crippen molar-refractivity contribution in [3.63, 3.8) is 0 Å². The van der Waals surface area contributed by atoms with Crippen LogP contribution in [0.1, 0.15) is 34.6 Å². The molecule has 0 N–H and O–H groups in total. The molecule has 0 saturated heterocycles. The van der Waals surface area contributed by atoms with E-state index in [0.29, 0.717) is 12.5 Å². The Hall–Kier alpha value is -0.480. The number of hydrogen-bond acceptors (Lipinski definition) is 1. The second kappa shape index (κ2) is 4.41. The van der Waals surface area contributed by atoms with Gasteiger partial charge in [0.05, 0.1) is 5.60 Å². The third kappa shape index (κ3) is 9.52. The van der Waals surface area contributed by atoms with Gasteiger partial charge in [0.2, 0.25) is 0 Å². The van der Waals surface area contributed by atoms with E-state index in [1.165, 1.54) is 0 Å². The van der Waals surface area contributed by atoms with Crippen LogP contribution in [0.25, 0.3) is 0 Å². The maximum absolute atomic E-state index is 5.41. The van der Waals surface area contributed by atoms with E-state index in [1.54, 1.807) is 0 Å². The monoisotopic (exact) mass is 154 g/mol. The molecule has 0 amide bonds. The first-order valence-corrected chi connectivity index (χ1v) is 4.04. The van der Waals surface area contributed by atoms with Crippen molar-refractivity contribution in [1.29, 1.82) is 0 Å². The van der Waals surface area contributed by atoms with Gasteiger partial charge in [-0.05, 0) is 20.8 Å². The molecule has 0 aromatic carbocycles. The van der Waals surface area contributed by atoms with Gasteiger partial charge in [0.1, 0.15) is 6.61 Å². The summed E-state index contributed by atoms with van der Waals surface area (Å²) >= 11 is 0. The van der Waals surface area contributed by atoms with Gasteiger partial charge in [-0.25, -0.2) is 0 Å². The van der Waals surface area contributed by atoms with Gasteiger partial charge in [0.15, 0.2) is 0 Å². The first kappa shape index (κ1) is 10.5. The van der Waals surface area contributed by atoms with Crippen LogP contribution in [0.15, 0.2) is 0 Å². The maximum atomic E-state index is 5.41. The van der Waals surface area contributed by atoms with E-state index < -0.39 is 0 Å². The van der Waals surface area contributed by atoms with Gasteiger partial charge in [-0.3, -0.25) is 0 Å². The summed E-state index contributed by atoms with van der Waals surface area (Å²) < 4.78 is 5.41. The molecule has 0 aromatic rings. The Kier molecular flexibility index (Phi) is 4.22. The molecule has 0 aliphatic heterocycles. The summed E-state index contributed by atoms with van der Waals surface area (Å²) in [7, 11) is 0. The predicted molar refractivity (Wildman–Crippen MR) is 48.3 cm³/mol. The lowest BCUT2D eigenvalue weighted by Crippen LogP contribution is -2.19. The highest BCUT2D eigenvalue weighted by atomic mass is 16.5. The van der Waals surface area contributed by atoms with E-state index in [9.17, 15) is 0 Å². The standard InChI is InChI=1S/C10H18O/c1-9(2)7-6-8-11-10(3,4)5/h9H,8H2,1-5H3. The molecule has 0 radical (unpaired) electrons. The SMILES string of the molecule is CC(C)C#CCOC(C)(C)C. The van der Waals surface area contributed by atoms with Crippen molar-refractivity contribution in [3.8, 4) is 11.8 Å². The fourth-order valence-corrected chi connectivity index (χ4v) is 0.498. The van der Waals surface area contributed by atoms with E-state index in [0.717, 1.165) is 0 Å². The minimum absolute atomic E-state index is 0.0638. The molecule has 0 spiro atoms. The highest BCUT2D eigenvalue weighted by Crippen LogP contribution is 2.04. The molecule has 0 bridgehead atoms. The predicted octanol–water partition coefficient (Wildman–Crippen LogP) is 2.46. The molecule has 1 heteroatoms. The van der Waals surface area contributed by atoms with Crippen LogP contribution in [0.4, 0.5) is 0 Å². The van der Waals surface area contributed by atoms with E-state index in [1.807, 2.05) is 20.8 Å². The molecule has 0 aliphatic rings. The normalized spacial score (nSPS) is 11.1. The van der Waals surface area contributed by atoms with Crippen molar-refractivity contribution in [3.05, 3.63) is 0 Å². The smallest absolute Gasteiger partial charge is 0.108 e. The molecule has 0 heterocycles. The number of rotatable bonds is 1. The van der Waals surface area contributed by atoms with Gasteiger partial charge in [0, 0.05) is 5.92 Å². The van der Waals surface area contributed by atoms with Gasteiger partial charge in [0.25, 0.3) is 0 Å². The van der Waals surface area contributed by atoms with Crippen molar-refractivity contribution < 1.29 is 4.74 Å². The van der Waals surface area contributed by atoms with Crippen LogP contribution in [0, 0.1) is 17.8 Å².